The molecule has 0 aromatic carbocycles. The van der Waals surface area contributed by atoms with Crippen LogP contribution in [-0.4, -0.2) is 28.0 Å². The van der Waals surface area contributed by atoms with E-state index in [9.17, 15) is 9.59 Å². The average Bonchev–Trinajstić information content (AvgIpc) is 2.28. The van der Waals surface area contributed by atoms with E-state index in [1.54, 1.807) is 12.3 Å². The molecule has 1 aromatic rings. The van der Waals surface area contributed by atoms with Gasteiger partial charge in [-0.3, -0.25) is 14.6 Å². The molecule has 0 aliphatic carbocycles. The van der Waals surface area contributed by atoms with Crippen LogP contribution in [0.25, 0.3) is 0 Å². The van der Waals surface area contributed by atoms with Crippen LogP contribution < -0.4 is 5.32 Å². The van der Waals surface area contributed by atoms with Gasteiger partial charge in [-0.05, 0) is 31.0 Å². The molecule has 0 bridgehead atoms. The maximum atomic E-state index is 11.6. The molecule has 2 N–H and O–H groups in total. The summed E-state index contributed by atoms with van der Waals surface area (Å²) < 4.78 is 0. The predicted molar refractivity (Wildman–Crippen MR) is 58.2 cm³/mol. The third-order valence-corrected chi connectivity index (χ3v) is 2.18. The molecule has 0 radical (unpaired) electrons. The molecule has 5 nitrogen and oxygen atoms in total. The molecule has 0 aliphatic heterocycles. The highest BCUT2D eigenvalue weighted by Gasteiger charge is 2.15. The minimum absolute atomic E-state index is 0.243. The van der Waals surface area contributed by atoms with Crippen molar-refractivity contribution >= 4 is 11.9 Å². The zero-order valence-electron chi connectivity index (χ0n) is 9.23. The zero-order chi connectivity index (χ0) is 12.1. The fourth-order valence-electron chi connectivity index (χ4n) is 1.15. The number of aliphatic carboxylic acids is 1. The SMILES string of the molecule is CCc1ccnc(C(=O)N[C@H](C)C(=O)O)c1. The minimum atomic E-state index is -1.07. The maximum absolute atomic E-state index is 11.6. The molecule has 0 saturated heterocycles. The van der Waals surface area contributed by atoms with Crippen LogP contribution in [-0.2, 0) is 11.2 Å². The van der Waals surface area contributed by atoms with E-state index in [-0.39, 0.29) is 5.69 Å². The monoisotopic (exact) mass is 222 g/mol. The number of carbonyl (C=O) groups is 2. The Balaban J connectivity index is 2.76. The Labute approximate surface area is 93.5 Å². The Kier molecular flexibility index (Phi) is 3.99. The summed E-state index contributed by atoms with van der Waals surface area (Å²) in [4.78, 5) is 26.0. The lowest BCUT2D eigenvalue weighted by Crippen LogP contribution is -2.38. The first kappa shape index (κ1) is 12.2. The highest BCUT2D eigenvalue weighted by atomic mass is 16.4. The van der Waals surface area contributed by atoms with E-state index in [0.29, 0.717) is 0 Å². The number of hydrogen-bond acceptors (Lipinski definition) is 3. The van der Waals surface area contributed by atoms with Crippen LogP contribution in [0.2, 0.25) is 0 Å². The molecular formula is C11H14N2O3. The van der Waals surface area contributed by atoms with E-state index in [1.165, 1.54) is 6.92 Å². The van der Waals surface area contributed by atoms with Gasteiger partial charge in [-0.1, -0.05) is 6.92 Å². The molecular weight excluding hydrogens is 208 g/mol. The molecule has 0 saturated carbocycles. The van der Waals surface area contributed by atoms with Crippen LogP contribution in [0.3, 0.4) is 0 Å². The van der Waals surface area contributed by atoms with E-state index in [1.807, 2.05) is 13.0 Å². The number of aromatic nitrogens is 1. The van der Waals surface area contributed by atoms with Gasteiger partial charge >= 0.3 is 5.97 Å². The number of carboxylic acids is 1. The number of amides is 1. The van der Waals surface area contributed by atoms with E-state index in [0.717, 1.165) is 12.0 Å². The fourth-order valence-corrected chi connectivity index (χ4v) is 1.15. The Bertz CT molecular complexity index is 404. The Hall–Kier alpha value is -1.91. The van der Waals surface area contributed by atoms with Crippen LogP contribution in [0.15, 0.2) is 18.3 Å². The van der Waals surface area contributed by atoms with Gasteiger partial charge in [-0.15, -0.1) is 0 Å². The van der Waals surface area contributed by atoms with Gasteiger partial charge in [-0.2, -0.15) is 0 Å². The number of rotatable bonds is 4. The Morgan fingerprint density at radius 1 is 1.56 bits per heavy atom. The topological polar surface area (TPSA) is 79.3 Å². The van der Waals surface area contributed by atoms with Gasteiger partial charge in [0.1, 0.15) is 11.7 Å². The van der Waals surface area contributed by atoms with E-state index in [4.69, 9.17) is 5.11 Å². The highest BCUT2D eigenvalue weighted by Crippen LogP contribution is 2.02. The number of nitrogens with one attached hydrogen (secondary N) is 1. The van der Waals surface area contributed by atoms with Gasteiger partial charge in [0.25, 0.3) is 5.91 Å². The average molecular weight is 222 g/mol. The minimum Gasteiger partial charge on any atom is -0.480 e. The summed E-state index contributed by atoms with van der Waals surface area (Å²) in [6.45, 7) is 3.38. The summed E-state index contributed by atoms with van der Waals surface area (Å²) in [5, 5.41) is 11.0. The molecule has 1 aromatic heterocycles. The molecule has 1 rings (SSSR count). The number of pyridine rings is 1. The molecule has 5 heteroatoms. The van der Waals surface area contributed by atoms with Gasteiger partial charge in [-0.25, -0.2) is 0 Å². The van der Waals surface area contributed by atoms with Crippen molar-refractivity contribution in [1.29, 1.82) is 0 Å². The van der Waals surface area contributed by atoms with Gasteiger partial charge in [0, 0.05) is 6.20 Å². The van der Waals surface area contributed by atoms with Crippen molar-refractivity contribution in [2.75, 3.05) is 0 Å². The largest absolute Gasteiger partial charge is 0.480 e. The molecule has 0 aliphatic rings. The second kappa shape index (κ2) is 5.25. The molecule has 16 heavy (non-hydrogen) atoms. The number of carbonyl (C=O) groups excluding carboxylic acids is 1. The molecule has 86 valence electrons. The number of nitrogens with zero attached hydrogens (tertiary/aromatic N) is 1. The number of aryl methyl sites for hydroxylation is 1. The quantitative estimate of drug-likeness (QED) is 0.791. The molecule has 0 fully saturated rings. The van der Waals surface area contributed by atoms with E-state index in [2.05, 4.69) is 10.3 Å². The second-order valence-corrected chi connectivity index (χ2v) is 3.44. The summed E-state index contributed by atoms with van der Waals surface area (Å²) in [5.74, 6) is -1.54. The molecule has 1 heterocycles. The van der Waals surface area contributed by atoms with Gasteiger partial charge in [0.15, 0.2) is 0 Å². The van der Waals surface area contributed by atoms with Crippen LogP contribution in [0.4, 0.5) is 0 Å². The van der Waals surface area contributed by atoms with Crippen LogP contribution in [0.1, 0.15) is 29.9 Å². The summed E-state index contributed by atoms with van der Waals surface area (Å²) in [6, 6.07) is 2.56. The van der Waals surface area contributed by atoms with E-state index >= 15 is 0 Å². The van der Waals surface area contributed by atoms with Crippen molar-refractivity contribution < 1.29 is 14.7 Å². The normalized spacial score (nSPS) is 11.9. The summed E-state index contributed by atoms with van der Waals surface area (Å²) >= 11 is 0. The van der Waals surface area contributed by atoms with Gasteiger partial charge in [0.05, 0.1) is 0 Å². The Morgan fingerprint density at radius 3 is 2.81 bits per heavy atom. The first-order chi connectivity index (χ1) is 7.54. The Morgan fingerprint density at radius 2 is 2.25 bits per heavy atom. The number of hydrogen-bond donors (Lipinski definition) is 2. The lowest BCUT2D eigenvalue weighted by Gasteiger charge is -2.08. The fraction of sp³-hybridized carbons (Fsp3) is 0.364. The van der Waals surface area contributed by atoms with Crippen LogP contribution in [0.5, 0.6) is 0 Å². The van der Waals surface area contributed by atoms with Crippen molar-refractivity contribution in [1.82, 2.24) is 10.3 Å². The summed E-state index contributed by atoms with van der Waals surface area (Å²) in [6.07, 6.45) is 2.34. The van der Waals surface area contributed by atoms with Crippen LogP contribution >= 0.6 is 0 Å². The summed E-state index contributed by atoms with van der Waals surface area (Å²) in [7, 11) is 0. The van der Waals surface area contributed by atoms with Crippen molar-refractivity contribution in [3.05, 3.63) is 29.6 Å². The zero-order valence-corrected chi connectivity index (χ0v) is 9.23. The van der Waals surface area contributed by atoms with Crippen molar-refractivity contribution in [3.8, 4) is 0 Å². The molecule has 1 atom stereocenters. The third-order valence-electron chi connectivity index (χ3n) is 2.18. The lowest BCUT2D eigenvalue weighted by molar-refractivity contribution is -0.138. The predicted octanol–water partition coefficient (Wildman–Crippen LogP) is 0.847. The highest BCUT2D eigenvalue weighted by molar-refractivity contribution is 5.94. The van der Waals surface area contributed by atoms with Crippen molar-refractivity contribution in [2.45, 2.75) is 26.3 Å². The van der Waals surface area contributed by atoms with Gasteiger partial charge in [0.2, 0.25) is 0 Å². The third kappa shape index (κ3) is 3.05. The van der Waals surface area contributed by atoms with Crippen molar-refractivity contribution in [3.63, 3.8) is 0 Å². The lowest BCUT2D eigenvalue weighted by atomic mass is 10.2. The first-order valence-corrected chi connectivity index (χ1v) is 5.03. The van der Waals surface area contributed by atoms with Crippen molar-refractivity contribution in [2.24, 2.45) is 0 Å². The second-order valence-electron chi connectivity index (χ2n) is 3.44. The smallest absolute Gasteiger partial charge is 0.325 e. The number of carboxylic acid groups (broad SMARTS) is 1. The molecule has 0 unspecified atom stereocenters. The standard InChI is InChI=1S/C11H14N2O3/c1-3-8-4-5-12-9(6-8)10(14)13-7(2)11(15)16/h4-7H,3H2,1-2H3,(H,13,14)(H,15,16)/t7-/m1/s1. The van der Waals surface area contributed by atoms with E-state index < -0.39 is 17.9 Å². The maximum Gasteiger partial charge on any atom is 0.325 e. The molecule has 0 spiro atoms. The first-order valence-electron chi connectivity index (χ1n) is 5.03. The summed E-state index contributed by atoms with van der Waals surface area (Å²) in [5.41, 5.74) is 1.23. The van der Waals surface area contributed by atoms with Crippen LogP contribution in [0, 0.1) is 0 Å². The molecule has 1 amide bonds. The van der Waals surface area contributed by atoms with Gasteiger partial charge < -0.3 is 10.4 Å².